The molecule has 0 aromatic heterocycles. The second-order valence-corrected chi connectivity index (χ2v) is 5.43. The van der Waals surface area contributed by atoms with Gasteiger partial charge in [-0.15, -0.1) is 0 Å². The van der Waals surface area contributed by atoms with Gasteiger partial charge in [-0.1, -0.05) is 23.7 Å². The summed E-state index contributed by atoms with van der Waals surface area (Å²) >= 11 is 5.82. The molecule has 1 amide bonds. The number of nitrogens with zero attached hydrogens (tertiary/aromatic N) is 1. The zero-order valence-corrected chi connectivity index (χ0v) is 11.9. The van der Waals surface area contributed by atoms with Crippen LogP contribution in [0.3, 0.4) is 0 Å². The van der Waals surface area contributed by atoms with Gasteiger partial charge in [0.1, 0.15) is 0 Å². The third kappa shape index (κ3) is 4.82. The highest BCUT2D eigenvalue weighted by Gasteiger charge is 2.17. The third-order valence-corrected chi connectivity index (χ3v) is 3.48. The van der Waals surface area contributed by atoms with Crippen molar-refractivity contribution in [3.05, 3.63) is 34.9 Å². The van der Waals surface area contributed by atoms with Crippen LogP contribution >= 0.6 is 11.6 Å². The van der Waals surface area contributed by atoms with Gasteiger partial charge in [-0.3, -0.25) is 9.69 Å². The monoisotopic (exact) mass is 281 g/mol. The van der Waals surface area contributed by atoms with Gasteiger partial charge in [0.15, 0.2) is 0 Å². The lowest BCUT2D eigenvalue weighted by atomic mass is 10.2. The molecule has 0 unspecified atom stereocenters. The highest BCUT2D eigenvalue weighted by Crippen LogP contribution is 2.09. The van der Waals surface area contributed by atoms with Crippen molar-refractivity contribution in [2.75, 3.05) is 26.2 Å². The number of hydrogen-bond donors (Lipinski definition) is 2. The van der Waals surface area contributed by atoms with Crippen LogP contribution in [0.15, 0.2) is 24.3 Å². The van der Waals surface area contributed by atoms with E-state index in [0.29, 0.717) is 24.2 Å². The largest absolute Gasteiger partial charge is 0.351 e. The Hall–Kier alpha value is -1.10. The lowest BCUT2D eigenvalue weighted by Gasteiger charge is -2.31. The summed E-state index contributed by atoms with van der Waals surface area (Å²) < 4.78 is 0. The minimum atomic E-state index is 0.0732. The molecule has 1 fully saturated rings. The molecular formula is C14H20ClN3O. The first-order valence-corrected chi connectivity index (χ1v) is 6.98. The van der Waals surface area contributed by atoms with Crippen LogP contribution in [-0.2, 0) is 11.3 Å². The average Bonchev–Trinajstić information content (AvgIpc) is 2.38. The molecule has 5 heteroatoms. The Morgan fingerprint density at radius 2 is 2.21 bits per heavy atom. The fourth-order valence-corrected chi connectivity index (χ4v) is 2.34. The van der Waals surface area contributed by atoms with E-state index in [1.54, 1.807) is 0 Å². The van der Waals surface area contributed by atoms with E-state index in [0.717, 1.165) is 25.2 Å². The predicted octanol–water partition coefficient (Wildman–Crippen LogP) is 1.25. The maximum atomic E-state index is 11.9. The molecule has 19 heavy (non-hydrogen) atoms. The molecule has 1 aromatic rings. The van der Waals surface area contributed by atoms with Crippen molar-refractivity contribution in [2.24, 2.45) is 0 Å². The summed E-state index contributed by atoms with van der Waals surface area (Å²) in [5, 5.41) is 7.01. The molecule has 1 aliphatic rings. The van der Waals surface area contributed by atoms with Gasteiger partial charge in [0.05, 0.1) is 6.54 Å². The Balaban J connectivity index is 1.73. The Bertz CT molecular complexity index is 421. The van der Waals surface area contributed by atoms with Gasteiger partial charge in [-0.2, -0.15) is 0 Å². The number of carbonyl (C=O) groups excluding carboxylic acids is 1. The summed E-state index contributed by atoms with van der Waals surface area (Å²) in [7, 11) is 0. The van der Waals surface area contributed by atoms with Crippen molar-refractivity contribution in [1.82, 2.24) is 15.5 Å². The molecule has 0 spiro atoms. The average molecular weight is 282 g/mol. The van der Waals surface area contributed by atoms with E-state index >= 15 is 0 Å². The highest BCUT2D eigenvalue weighted by atomic mass is 35.5. The van der Waals surface area contributed by atoms with E-state index in [2.05, 4.69) is 22.5 Å². The molecular weight excluding hydrogens is 262 g/mol. The fourth-order valence-electron chi connectivity index (χ4n) is 2.22. The van der Waals surface area contributed by atoms with Crippen LogP contribution in [0.4, 0.5) is 0 Å². The fraction of sp³-hybridized carbons (Fsp3) is 0.500. The van der Waals surface area contributed by atoms with Crippen LogP contribution in [0.2, 0.25) is 5.02 Å². The lowest BCUT2D eigenvalue weighted by molar-refractivity contribution is -0.122. The van der Waals surface area contributed by atoms with Crippen LogP contribution in [0.25, 0.3) is 0 Å². The minimum Gasteiger partial charge on any atom is -0.351 e. The second-order valence-electron chi connectivity index (χ2n) is 4.99. The van der Waals surface area contributed by atoms with Crippen LogP contribution in [0.5, 0.6) is 0 Å². The first-order chi connectivity index (χ1) is 9.13. The lowest BCUT2D eigenvalue weighted by Crippen LogP contribution is -2.51. The van der Waals surface area contributed by atoms with Crippen molar-refractivity contribution >= 4 is 17.5 Å². The van der Waals surface area contributed by atoms with E-state index in [-0.39, 0.29) is 5.91 Å². The van der Waals surface area contributed by atoms with Gasteiger partial charge in [-0.05, 0) is 24.6 Å². The summed E-state index contributed by atoms with van der Waals surface area (Å²) in [5.41, 5.74) is 1.06. The van der Waals surface area contributed by atoms with E-state index < -0.39 is 0 Å². The van der Waals surface area contributed by atoms with Crippen molar-refractivity contribution in [2.45, 2.75) is 19.5 Å². The summed E-state index contributed by atoms with van der Waals surface area (Å²) in [6, 6.07) is 7.98. The van der Waals surface area contributed by atoms with Crippen molar-refractivity contribution in [3.8, 4) is 0 Å². The smallest absolute Gasteiger partial charge is 0.234 e. The zero-order valence-electron chi connectivity index (χ0n) is 11.2. The Kier molecular flexibility index (Phi) is 5.19. The standard InChI is InChI=1S/C14H20ClN3O/c1-11-9-18(7-6-16-11)10-14(19)17-8-12-2-4-13(15)5-3-12/h2-5,11,16H,6-10H2,1H3,(H,17,19)/t11-/m0/s1. The molecule has 2 rings (SSSR count). The maximum absolute atomic E-state index is 11.9. The first-order valence-electron chi connectivity index (χ1n) is 6.60. The molecule has 1 saturated heterocycles. The number of rotatable bonds is 4. The molecule has 104 valence electrons. The number of halogens is 1. The van der Waals surface area contributed by atoms with Crippen LogP contribution in [0.1, 0.15) is 12.5 Å². The number of piperazine rings is 1. The Morgan fingerprint density at radius 1 is 1.47 bits per heavy atom. The van der Waals surface area contributed by atoms with Gasteiger partial charge in [0.2, 0.25) is 5.91 Å². The zero-order chi connectivity index (χ0) is 13.7. The van der Waals surface area contributed by atoms with E-state index in [1.165, 1.54) is 0 Å². The molecule has 1 aromatic carbocycles. The number of hydrogen-bond acceptors (Lipinski definition) is 3. The topological polar surface area (TPSA) is 44.4 Å². The number of benzene rings is 1. The Labute approximate surface area is 119 Å². The number of amides is 1. The molecule has 1 atom stereocenters. The van der Waals surface area contributed by atoms with Gasteiger partial charge >= 0.3 is 0 Å². The summed E-state index contributed by atoms with van der Waals surface area (Å²) in [5.74, 6) is 0.0732. The van der Waals surface area contributed by atoms with Gasteiger partial charge < -0.3 is 10.6 Å². The van der Waals surface area contributed by atoms with E-state index in [9.17, 15) is 4.79 Å². The van der Waals surface area contributed by atoms with Crippen LogP contribution < -0.4 is 10.6 Å². The van der Waals surface area contributed by atoms with Gasteiger partial charge in [-0.25, -0.2) is 0 Å². The SMILES string of the molecule is C[C@H]1CN(CC(=O)NCc2ccc(Cl)cc2)CCN1. The van der Waals surface area contributed by atoms with Crippen LogP contribution in [0, 0.1) is 0 Å². The summed E-state index contributed by atoms with van der Waals surface area (Å²) in [6.07, 6.45) is 0. The quantitative estimate of drug-likeness (QED) is 0.873. The van der Waals surface area contributed by atoms with Gasteiger partial charge in [0.25, 0.3) is 0 Å². The van der Waals surface area contributed by atoms with E-state index in [1.807, 2.05) is 24.3 Å². The van der Waals surface area contributed by atoms with Crippen molar-refractivity contribution in [1.29, 1.82) is 0 Å². The van der Waals surface area contributed by atoms with Crippen LogP contribution in [-0.4, -0.2) is 43.0 Å². The maximum Gasteiger partial charge on any atom is 0.234 e. The summed E-state index contributed by atoms with van der Waals surface area (Å²) in [4.78, 5) is 14.0. The molecule has 0 bridgehead atoms. The number of carbonyl (C=O) groups is 1. The van der Waals surface area contributed by atoms with E-state index in [4.69, 9.17) is 11.6 Å². The molecule has 4 nitrogen and oxygen atoms in total. The Morgan fingerprint density at radius 3 is 2.89 bits per heavy atom. The van der Waals surface area contributed by atoms with Gasteiger partial charge in [0, 0.05) is 37.2 Å². The molecule has 0 aliphatic carbocycles. The highest BCUT2D eigenvalue weighted by molar-refractivity contribution is 6.30. The minimum absolute atomic E-state index is 0.0732. The molecule has 1 heterocycles. The first kappa shape index (κ1) is 14.3. The summed E-state index contributed by atoms with van der Waals surface area (Å²) in [6.45, 7) is 5.97. The predicted molar refractivity (Wildman–Crippen MR) is 77.2 cm³/mol. The normalized spacial score (nSPS) is 20.2. The second kappa shape index (κ2) is 6.89. The van der Waals surface area contributed by atoms with Crippen molar-refractivity contribution < 1.29 is 4.79 Å². The third-order valence-electron chi connectivity index (χ3n) is 3.22. The number of nitrogens with one attached hydrogen (secondary N) is 2. The molecule has 0 saturated carbocycles. The van der Waals surface area contributed by atoms with Crippen molar-refractivity contribution in [3.63, 3.8) is 0 Å². The molecule has 2 N–H and O–H groups in total. The molecule has 0 radical (unpaired) electrons. The molecule has 1 aliphatic heterocycles.